The van der Waals surface area contributed by atoms with Gasteiger partial charge in [-0.15, -0.1) is 11.8 Å². The summed E-state index contributed by atoms with van der Waals surface area (Å²) in [5, 5.41) is 9.30. The minimum absolute atomic E-state index is 0.343. The van der Waals surface area contributed by atoms with Crippen LogP contribution >= 0.6 is 11.8 Å². The lowest BCUT2D eigenvalue weighted by Gasteiger charge is -2.01. The zero-order valence-electron chi connectivity index (χ0n) is 7.23. The maximum Gasteiger partial charge on any atom is 0.111 e. The average molecular weight is 193 g/mol. The highest BCUT2D eigenvalue weighted by Gasteiger charge is 2.08. The number of aliphatic imine (C=N–C) groups is 1. The van der Waals surface area contributed by atoms with Crippen LogP contribution in [0.25, 0.3) is 0 Å². The largest absolute Gasteiger partial charge is 0.508 e. The molecule has 0 aromatic carbocycles. The van der Waals surface area contributed by atoms with Gasteiger partial charge in [-0.1, -0.05) is 0 Å². The normalized spacial score (nSPS) is 22.0. The number of rotatable bonds is 0. The lowest BCUT2D eigenvalue weighted by atomic mass is 10.1. The molecule has 0 radical (unpaired) electrons. The molecule has 1 heterocycles. The number of aliphatic hydroxyl groups excluding tert-OH is 1. The van der Waals surface area contributed by atoms with E-state index in [0.29, 0.717) is 5.76 Å². The molecule has 3 heteroatoms. The van der Waals surface area contributed by atoms with Crippen LogP contribution in [-0.4, -0.2) is 16.4 Å². The molecule has 2 aliphatic rings. The van der Waals surface area contributed by atoms with Gasteiger partial charge in [0.25, 0.3) is 0 Å². The third-order valence-electron chi connectivity index (χ3n) is 2.12. The van der Waals surface area contributed by atoms with Crippen LogP contribution in [0.5, 0.6) is 0 Å². The van der Waals surface area contributed by atoms with E-state index in [-0.39, 0.29) is 0 Å². The Balaban J connectivity index is 2.31. The maximum atomic E-state index is 9.30. The van der Waals surface area contributed by atoms with Crippen molar-refractivity contribution in [2.45, 2.75) is 12.8 Å². The first-order valence-corrected chi connectivity index (χ1v) is 5.34. The number of allylic oxidation sites excluding steroid dienone is 4. The van der Waals surface area contributed by atoms with Crippen LogP contribution in [0, 0.1) is 0 Å². The Morgan fingerprint density at radius 1 is 1.38 bits per heavy atom. The number of aliphatic hydroxyl groups is 1. The molecule has 0 amide bonds. The Hall–Kier alpha value is -0.960. The maximum absolute atomic E-state index is 9.30. The first-order chi connectivity index (χ1) is 6.36. The van der Waals surface area contributed by atoms with Gasteiger partial charge in [-0.25, -0.2) is 0 Å². The molecule has 0 aromatic heterocycles. The van der Waals surface area contributed by atoms with E-state index in [1.807, 2.05) is 17.7 Å². The van der Waals surface area contributed by atoms with Crippen molar-refractivity contribution in [3.05, 3.63) is 35.3 Å². The molecule has 0 fully saturated rings. The van der Waals surface area contributed by atoms with Crippen molar-refractivity contribution in [3.63, 3.8) is 0 Å². The molecule has 0 aromatic rings. The lowest BCUT2D eigenvalue weighted by molar-refractivity contribution is 0.430. The fourth-order valence-corrected chi connectivity index (χ4v) is 2.03. The molecule has 0 saturated carbocycles. The highest BCUT2D eigenvalue weighted by molar-refractivity contribution is 8.12. The average Bonchev–Trinajstić information content (AvgIpc) is 2.43. The Bertz CT molecular complexity index is 326. The van der Waals surface area contributed by atoms with Crippen LogP contribution < -0.4 is 0 Å². The molecule has 1 aliphatic carbocycles. The first kappa shape index (κ1) is 8.63. The Morgan fingerprint density at radius 2 is 2.31 bits per heavy atom. The van der Waals surface area contributed by atoms with Gasteiger partial charge in [0.15, 0.2) is 0 Å². The summed E-state index contributed by atoms with van der Waals surface area (Å²) in [5.41, 5.74) is 4.22. The molecule has 2 nitrogen and oxygen atoms in total. The topological polar surface area (TPSA) is 32.6 Å². The third kappa shape index (κ3) is 2.04. The number of hydrogen-bond acceptors (Lipinski definition) is 3. The van der Waals surface area contributed by atoms with E-state index in [4.69, 9.17) is 0 Å². The fraction of sp³-hybridized carbons (Fsp3) is 0.300. The van der Waals surface area contributed by atoms with Gasteiger partial charge in [0.05, 0.1) is 11.2 Å². The Kier molecular flexibility index (Phi) is 2.54. The molecule has 13 heavy (non-hydrogen) atoms. The summed E-state index contributed by atoms with van der Waals surface area (Å²) in [6.07, 6.45) is 7.32. The summed E-state index contributed by atoms with van der Waals surface area (Å²) >= 11 is 1.74. The van der Waals surface area contributed by atoms with Gasteiger partial charge in [0.1, 0.15) is 5.76 Å². The molecule has 0 bridgehead atoms. The van der Waals surface area contributed by atoms with Gasteiger partial charge in [0.2, 0.25) is 0 Å². The van der Waals surface area contributed by atoms with Gasteiger partial charge in [-0.2, -0.15) is 0 Å². The van der Waals surface area contributed by atoms with E-state index in [1.54, 1.807) is 17.8 Å². The summed E-state index contributed by atoms with van der Waals surface area (Å²) in [7, 11) is 0. The van der Waals surface area contributed by atoms with Crippen molar-refractivity contribution in [2.24, 2.45) is 4.99 Å². The van der Waals surface area contributed by atoms with E-state index >= 15 is 0 Å². The highest BCUT2D eigenvalue weighted by Crippen LogP contribution is 2.24. The Morgan fingerprint density at radius 3 is 3.23 bits per heavy atom. The summed E-state index contributed by atoms with van der Waals surface area (Å²) in [5.74, 6) is 1.43. The van der Waals surface area contributed by atoms with Crippen LogP contribution in [0.1, 0.15) is 12.8 Å². The second-order valence-corrected chi connectivity index (χ2v) is 3.96. The third-order valence-corrected chi connectivity index (χ3v) is 2.81. The summed E-state index contributed by atoms with van der Waals surface area (Å²) < 4.78 is 0. The van der Waals surface area contributed by atoms with E-state index in [9.17, 15) is 5.11 Å². The minimum Gasteiger partial charge on any atom is -0.508 e. The molecule has 0 unspecified atom stereocenters. The van der Waals surface area contributed by atoms with E-state index < -0.39 is 0 Å². The predicted molar refractivity (Wildman–Crippen MR) is 57.1 cm³/mol. The zero-order chi connectivity index (χ0) is 9.10. The van der Waals surface area contributed by atoms with E-state index in [2.05, 4.69) is 4.99 Å². The number of hydrogen-bond donors (Lipinski definition) is 1. The van der Waals surface area contributed by atoms with E-state index in [0.717, 1.165) is 24.3 Å². The minimum atomic E-state index is 0.343. The van der Waals surface area contributed by atoms with Gasteiger partial charge < -0.3 is 5.11 Å². The van der Waals surface area contributed by atoms with Gasteiger partial charge in [-0.3, -0.25) is 4.99 Å². The van der Waals surface area contributed by atoms with Crippen molar-refractivity contribution in [2.75, 3.05) is 5.75 Å². The SMILES string of the molecule is OC1=CCC2=C(C=C1)N=CSCC2. The molecule has 2 rings (SSSR count). The monoisotopic (exact) mass is 193 g/mol. The fourth-order valence-electron chi connectivity index (χ4n) is 1.38. The summed E-state index contributed by atoms with van der Waals surface area (Å²) in [4.78, 5) is 4.33. The standard InChI is InChI=1S/C10H11NOS/c12-9-2-1-8-5-6-13-7-11-10(8)4-3-9/h2-4,7,12H,1,5-6H2. The van der Waals surface area contributed by atoms with Crippen molar-refractivity contribution >= 4 is 17.3 Å². The lowest BCUT2D eigenvalue weighted by Crippen LogP contribution is -1.86. The number of thioether (sulfide) groups is 1. The molecule has 0 saturated heterocycles. The summed E-state index contributed by atoms with van der Waals surface area (Å²) in [6, 6.07) is 0. The molecule has 1 aliphatic heterocycles. The Labute approximate surface area is 81.8 Å². The van der Waals surface area contributed by atoms with Crippen LogP contribution in [0.3, 0.4) is 0 Å². The second kappa shape index (κ2) is 3.83. The number of nitrogens with zero attached hydrogens (tertiary/aromatic N) is 1. The van der Waals surface area contributed by atoms with Gasteiger partial charge in [-0.05, 0) is 36.6 Å². The molecule has 68 valence electrons. The summed E-state index contributed by atoms with van der Waals surface area (Å²) in [6.45, 7) is 0. The van der Waals surface area contributed by atoms with E-state index in [1.165, 1.54) is 5.57 Å². The van der Waals surface area contributed by atoms with Crippen molar-refractivity contribution < 1.29 is 5.11 Å². The highest BCUT2D eigenvalue weighted by atomic mass is 32.2. The molecular formula is C10H11NOS. The first-order valence-electron chi connectivity index (χ1n) is 4.29. The smallest absolute Gasteiger partial charge is 0.111 e. The second-order valence-electron chi connectivity index (χ2n) is 3.01. The van der Waals surface area contributed by atoms with Crippen LogP contribution in [0.15, 0.2) is 40.2 Å². The molecule has 1 N–H and O–H groups in total. The quantitative estimate of drug-likeness (QED) is 0.641. The van der Waals surface area contributed by atoms with Crippen LogP contribution in [0.4, 0.5) is 0 Å². The van der Waals surface area contributed by atoms with Crippen molar-refractivity contribution in [1.29, 1.82) is 0 Å². The van der Waals surface area contributed by atoms with Gasteiger partial charge in [0, 0.05) is 5.75 Å². The molecular weight excluding hydrogens is 182 g/mol. The zero-order valence-corrected chi connectivity index (χ0v) is 8.05. The molecule has 0 atom stereocenters. The van der Waals surface area contributed by atoms with Gasteiger partial charge >= 0.3 is 0 Å². The van der Waals surface area contributed by atoms with Crippen LogP contribution in [0.2, 0.25) is 0 Å². The van der Waals surface area contributed by atoms with Crippen molar-refractivity contribution in [3.8, 4) is 0 Å². The molecule has 0 spiro atoms. The predicted octanol–water partition coefficient (Wildman–Crippen LogP) is 2.81. The van der Waals surface area contributed by atoms with Crippen LogP contribution in [-0.2, 0) is 0 Å². The van der Waals surface area contributed by atoms with Crippen molar-refractivity contribution in [1.82, 2.24) is 0 Å².